The van der Waals surface area contributed by atoms with Crippen LogP contribution in [0.5, 0.6) is 0 Å². The van der Waals surface area contributed by atoms with Crippen molar-refractivity contribution in [3.8, 4) is 0 Å². The van der Waals surface area contributed by atoms with Gasteiger partial charge in [-0.1, -0.05) is 43.0 Å². The fourth-order valence-electron chi connectivity index (χ4n) is 3.04. The maximum atomic E-state index is 6.21. The molecule has 1 N–H and O–H groups in total. The highest BCUT2D eigenvalue weighted by atomic mass is 35.5. The van der Waals surface area contributed by atoms with Crippen LogP contribution in [0.3, 0.4) is 0 Å². The number of benzene rings is 1. The molecule has 1 nitrogen and oxygen atoms in total. The lowest BCUT2D eigenvalue weighted by molar-refractivity contribution is 0.562. The summed E-state index contributed by atoms with van der Waals surface area (Å²) in [6, 6.07) is 6.95. The van der Waals surface area contributed by atoms with E-state index in [1.54, 1.807) is 0 Å². The normalized spacial score (nSPS) is 28.9. The molecule has 1 fully saturated rings. The Balaban J connectivity index is 2.00. The smallest absolute Gasteiger partial charge is 0.0640 e. The lowest BCUT2D eigenvalue weighted by Crippen LogP contribution is -2.18. The van der Waals surface area contributed by atoms with Crippen LogP contribution in [0, 0.1) is 0 Å². The van der Waals surface area contributed by atoms with Crippen molar-refractivity contribution in [1.29, 1.82) is 0 Å². The number of para-hydroxylation sites is 1. The minimum absolute atomic E-state index is 0.641. The first-order valence-electron chi connectivity index (χ1n) is 5.91. The quantitative estimate of drug-likeness (QED) is 0.693. The monoisotopic (exact) mass is 221 g/mol. The van der Waals surface area contributed by atoms with Gasteiger partial charge in [0.25, 0.3) is 0 Å². The summed E-state index contributed by atoms with van der Waals surface area (Å²) in [6.07, 6.45) is 6.75. The molecule has 1 heterocycles. The van der Waals surface area contributed by atoms with Gasteiger partial charge in [0.2, 0.25) is 0 Å². The third-order valence-corrected chi connectivity index (χ3v) is 4.11. The third-order valence-electron chi connectivity index (χ3n) is 3.79. The number of hydrogen-bond acceptors (Lipinski definition) is 1. The zero-order valence-corrected chi connectivity index (χ0v) is 9.56. The minimum atomic E-state index is 0.641. The Morgan fingerprint density at radius 1 is 1.13 bits per heavy atom. The van der Waals surface area contributed by atoms with Gasteiger partial charge in [0, 0.05) is 12.0 Å². The number of halogens is 1. The molecule has 2 aliphatic rings. The molecular formula is C13H16ClN. The Kier molecular flexibility index (Phi) is 2.36. The highest BCUT2D eigenvalue weighted by Gasteiger charge is 2.33. The van der Waals surface area contributed by atoms with Crippen molar-refractivity contribution in [3.05, 3.63) is 28.8 Å². The molecule has 2 atom stereocenters. The van der Waals surface area contributed by atoms with Crippen LogP contribution < -0.4 is 5.32 Å². The molecule has 0 spiro atoms. The van der Waals surface area contributed by atoms with Gasteiger partial charge in [-0.2, -0.15) is 0 Å². The summed E-state index contributed by atoms with van der Waals surface area (Å²) in [4.78, 5) is 0. The van der Waals surface area contributed by atoms with Gasteiger partial charge in [0.1, 0.15) is 0 Å². The minimum Gasteiger partial charge on any atom is -0.380 e. The van der Waals surface area contributed by atoms with Crippen molar-refractivity contribution < 1.29 is 0 Å². The SMILES string of the molecule is Clc1cccc2c1NC1CCCCCC21. The van der Waals surface area contributed by atoms with Gasteiger partial charge in [-0.3, -0.25) is 0 Å². The molecule has 1 aliphatic heterocycles. The van der Waals surface area contributed by atoms with Crippen LogP contribution in [0.25, 0.3) is 0 Å². The first-order valence-corrected chi connectivity index (χ1v) is 6.29. The molecule has 15 heavy (non-hydrogen) atoms. The standard InChI is InChI=1S/C13H16ClN/c14-11-7-4-6-10-9-5-2-1-3-8-12(9)15-13(10)11/h4,6-7,9,12,15H,1-3,5,8H2. The van der Waals surface area contributed by atoms with E-state index in [-0.39, 0.29) is 0 Å². The Bertz CT molecular complexity index is 375. The topological polar surface area (TPSA) is 12.0 Å². The molecule has 2 unspecified atom stereocenters. The molecule has 80 valence electrons. The summed E-state index contributed by atoms with van der Waals surface area (Å²) in [5.41, 5.74) is 2.66. The molecule has 1 aromatic carbocycles. The summed E-state index contributed by atoms with van der Waals surface area (Å²) < 4.78 is 0. The molecule has 0 amide bonds. The van der Waals surface area contributed by atoms with Gasteiger partial charge in [-0.05, 0) is 24.5 Å². The van der Waals surface area contributed by atoms with Crippen molar-refractivity contribution in [2.45, 2.75) is 44.1 Å². The van der Waals surface area contributed by atoms with Crippen LogP contribution in [-0.4, -0.2) is 6.04 Å². The second-order valence-corrected chi connectivity index (χ2v) is 5.11. The second kappa shape index (κ2) is 3.71. The van der Waals surface area contributed by atoms with E-state index < -0.39 is 0 Å². The third kappa shape index (κ3) is 1.53. The number of hydrogen-bond donors (Lipinski definition) is 1. The summed E-state index contributed by atoms with van der Waals surface area (Å²) >= 11 is 6.21. The summed E-state index contributed by atoms with van der Waals surface area (Å²) in [6.45, 7) is 0. The number of anilines is 1. The fourth-order valence-corrected chi connectivity index (χ4v) is 3.28. The van der Waals surface area contributed by atoms with Crippen LogP contribution in [0.15, 0.2) is 18.2 Å². The largest absolute Gasteiger partial charge is 0.380 e. The highest BCUT2D eigenvalue weighted by Crippen LogP contribution is 2.45. The Morgan fingerprint density at radius 2 is 2.00 bits per heavy atom. The molecule has 0 radical (unpaired) electrons. The summed E-state index contributed by atoms with van der Waals surface area (Å²) in [5, 5.41) is 4.50. The van der Waals surface area contributed by atoms with Crippen molar-refractivity contribution in [1.82, 2.24) is 0 Å². The van der Waals surface area contributed by atoms with E-state index in [9.17, 15) is 0 Å². The number of nitrogens with one attached hydrogen (secondary N) is 1. The second-order valence-electron chi connectivity index (χ2n) is 4.70. The molecule has 1 aliphatic carbocycles. The average Bonchev–Trinajstić information content (AvgIpc) is 2.45. The van der Waals surface area contributed by atoms with E-state index in [0.29, 0.717) is 12.0 Å². The zero-order valence-electron chi connectivity index (χ0n) is 8.80. The lowest BCUT2D eigenvalue weighted by atomic mass is 9.91. The zero-order chi connectivity index (χ0) is 10.3. The Labute approximate surface area is 95.8 Å². The van der Waals surface area contributed by atoms with Crippen LogP contribution in [0.1, 0.15) is 43.6 Å². The fraction of sp³-hybridized carbons (Fsp3) is 0.538. The lowest BCUT2D eigenvalue weighted by Gasteiger charge is -2.16. The maximum absolute atomic E-state index is 6.21. The molecule has 3 rings (SSSR count). The van der Waals surface area contributed by atoms with E-state index >= 15 is 0 Å². The van der Waals surface area contributed by atoms with Crippen molar-refractivity contribution in [3.63, 3.8) is 0 Å². The van der Waals surface area contributed by atoms with E-state index in [1.165, 1.54) is 43.4 Å². The predicted molar refractivity (Wildman–Crippen MR) is 64.7 cm³/mol. The first-order chi connectivity index (χ1) is 7.36. The Hall–Kier alpha value is -0.690. The van der Waals surface area contributed by atoms with Crippen molar-refractivity contribution >= 4 is 17.3 Å². The molecule has 1 aromatic rings. The maximum Gasteiger partial charge on any atom is 0.0640 e. The highest BCUT2D eigenvalue weighted by molar-refractivity contribution is 6.33. The summed E-state index contributed by atoms with van der Waals surface area (Å²) in [7, 11) is 0. The molecular weight excluding hydrogens is 206 g/mol. The summed E-state index contributed by atoms with van der Waals surface area (Å²) in [5.74, 6) is 0.709. The van der Waals surface area contributed by atoms with Gasteiger partial charge in [0.15, 0.2) is 0 Å². The van der Waals surface area contributed by atoms with Gasteiger partial charge >= 0.3 is 0 Å². The number of fused-ring (bicyclic) bond motifs is 3. The molecule has 0 bridgehead atoms. The van der Waals surface area contributed by atoms with E-state index in [4.69, 9.17) is 11.6 Å². The van der Waals surface area contributed by atoms with Crippen LogP contribution in [0.2, 0.25) is 5.02 Å². The predicted octanol–water partition coefficient (Wildman–Crippen LogP) is 4.18. The van der Waals surface area contributed by atoms with Gasteiger partial charge in [-0.15, -0.1) is 0 Å². The molecule has 0 saturated heterocycles. The van der Waals surface area contributed by atoms with Gasteiger partial charge in [-0.25, -0.2) is 0 Å². The average molecular weight is 222 g/mol. The molecule has 2 heteroatoms. The molecule has 1 saturated carbocycles. The molecule has 0 aromatic heterocycles. The van der Waals surface area contributed by atoms with E-state index in [2.05, 4.69) is 17.4 Å². The number of rotatable bonds is 0. The van der Waals surface area contributed by atoms with E-state index in [1.807, 2.05) is 6.07 Å². The Morgan fingerprint density at radius 3 is 2.93 bits per heavy atom. The van der Waals surface area contributed by atoms with Crippen LogP contribution in [-0.2, 0) is 0 Å². The first kappa shape index (κ1) is 9.53. The van der Waals surface area contributed by atoms with Crippen LogP contribution >= 0.6 is 11.6 Å². The van der Waals surface area contributed by atoms with E-state index in [0.717, 1.165) is 5.02 Å². The van der Waals surface area contributed by atoms with Crippen molar-refractivity contribution in [2.75, 3.05) is 5.32 Å². The van der Waals surface area contributed by atoms with Gasteiger partial charge < -0.3 is 5.32 Å². The van der Waals surface area contributed by atoms with Crippen LogP contribution in [0.4, 0.5) is 5.69 Å². The van der Waals surface area contributed by atoms with Crippen molar-refractivity contribution in [2.24, 2.45) is 0 Å². The van der Waals surface area contributed by atoms with Gasteiger partial charge in [0.05, 0.1) is 10.7 Å².